The molecule has 0 saturated carbocycles. The zero-order valence-electron chi connectivity index (χ0n) is 10.2. The fourth-order valence-corrected chi connectivity index (χ4v) is 1.82. The number of carbonyl (C=O) groups excluding carboxylic acids is 2. The number of benzene rings is 1. The van der Waals surface area contributed by atoms with Crippen molar-refractivity contribution in [1.29, 1.82) is 0 Å². The summed E-state index contributed by atoms with van der Waals surface area (Å²) in [5.74, 6) is -0.324. The Bertz CT molecular complexity index is 559. The van der Waals surface area contributed by atoms with Crippen molar-refractivity contribution in [3.63, 3.8) is 0 Å². The largest absolute Gasteiger partial charge is 0.494 e. The van der Waals surface area contributed by atoms with Gasteiger partial charge in [-0.15, -0.1) is 0 Å². The molecule has 1 aromatic carbocycles. The van der Waals surface area contributed by atoms with Gasteiger partial charge in [-0.3, -0.25) is 20.2 Å². The molecule has 1 fully saturated rings. The van der Waals surface area contributed by atoms with Crippen LogP contribution in [-0.4, -0.2) is 23.5 Å². The average molecular weight is 276 g/mol. The first-order chi connectivity index (χ1) is 9.10. The minimum atomic E-state index is -0.504. The van der Waals surface area contributed by atoms with E-state index in [1.165, 1.54) is 6.08 Å². The molecule has 2 rings (SSSR count). The normalized spacial score (nSPS) is 14.8. The highest BCUT2D eigenvalue weighted by molar-refractivity contribution is 7.80. The Morgan fingerprint density at radius 2 is 1.95 bits per heavy atom. The average Bonchev–Trinajstić information content (AvgIpc) is 2.35. The number of rotatable bonds is 3. The molecule has 6 heteroatoms. The highest BCUT2D eigenvalue weighted by Gasteiger charge is 2.25. The van der Waals surface area contributed by atoms with Gasteiger partial charge in [-0.1, -0.05) is 12.1 Å². The first kappa shape index (κ1) is 13.2. The minimum Gasteiger partial charge on any atom is -0.494 e. The molecular formula is C13H12N2O3S. The molecule has 0 unspecified atom stereocenters. The minimum absolute atomic E-state index is 0.0160. The first-order valence-electron chi connectivity index (χ1n) is 5.71. The third-order valence-electron chi connectivity index (χ3n) is 2.42. The fourth-order valence-electron chi connectivity index (χ4n) is 1.63. The van der Waals surface area contributed by atoms with Crippen LogP contribution in [0, 0.1) is 0 Å². The summed E-state index contributed by atoms with van der Waals surface area (Å²) in [6.07, 6.45) is 1.50. The van der Waals surface area contributed by atoms with Gasteiger partial charge in [0.15, 0.2) is 5.11 Å². The van der Waals surface area contributed by atoms with E-state index in [0.717, 1.165) is 0 Å². The predicted molar refractivity (Wildman–Crippen MR) is 74.5 cm³/mol. The Balaban J connectivity index is 2.29. The molecule has 0 aromatic heterocycles. The van der Waals surface area contributed by atoms with Gasteiger partial charge in [0.25, 0.3) is 11.8 Å². The molecule has 19 heavy (non-hydrogen) atoms. The van der Waals surface area contributed by atoms with Gasteiger partial charge in [0, 0.05) is 0 Å². The van der Waals surface area contributed by atoms with Gasteiger partial charge in [-0.05, 0) is 42.9 Å². The number of hydrogen-bond acceptors (Lipinski definition) is 4. The van der Waals surface area contributed by atoms with Crippen LogP contribution in [0.2, 0.25) is 0 Å². The van der Waals surface area contributed by atoms with Crippen LogP contribution in [0.15, 0.2) is 29.8 Å². The van der Waals surface area contributed by atoms with Crippen molar-refractivity contribution >= 4 is 35.2 Å². The summed E-state index contributed by atoms with van der Waals surface area (Å²) in [6, 6.07) is 7.13. The monoisotopic (exact) mass is 276 g/mol. The predicted octanol–water partition coefficient (Wildman–Crippen LogP) is 1.000. The maximum atomic E-state index is 11.7. The highest BCUT2D eigenvalue weighted by atomic mass is 32.1. The third-order valence-corrected chi connectivity index (χ3v) is 2.63. The number of hydrogen-bond donors (Lipinski definition) is 2. The molecule has 2 N–H and O–H groups in total. The van der Waals surface area contributed by atoms with Crippen molar-refractivity contribution in [2.45, 2.75) is 6.92 Å². The number of thiocarbonyl (C=S) groups is 1. The van der Waals surface area contributed by atoms with E-state index in [2.05, 4.69) is 10.6 Å². The van der Waals surface area contributed by atoms with Crippen LogP contribution in [0.25, 0.3) is 6.08 Å². The smallest absolute Gasteiger partial charge is 0.263 e. The van der Waals surface area contributed by atoms with Gasteiger partial charge < -0.3 is 4.74 Å². The molecule has 1 aromatic rings. The summed E-state index contributed by atoms with van der Waals surface area (Å²) in [7, 11) is 0. The lowest BCUT2D eigenvalue weighted by Gasteiger charge is -2.16. The zero-order chi connectivity index (χ0) is 13.8. The Labute approximate surface area is 115 Å². The molecule has 0 atom stereocenters. The number of nitrogens with one attached hydrogen (secondary N) is 2. The molecule has 0 bridgehead atoms. The van der Waals surface area contributed by atoms with Crippen LogP contribution in [0.5, 0.6) is 5.75 Å². The van der Waals surface area contributed by atoms with Crippen molar-refractivity contribution in [2.24, 2.45) is 0 Å². The van der Waals surface area contributed by atoms with Crippen LogP contribution in [-0.2, 0) is 9.59 Å². The van der Waals surface area contributed by atoms with E-state index in [1.807, 2.05) is 13.0 Å². The van der Waals surface area contributed by atoms with Crippen LogP contribution in [0.3, 0.4) is 0 Å². The van der Waals surface area contributed by atoms with E-state index in [4.69, 9.17) is 17.0 Å². The topological polar surface area (TPSA) is 67.4 Å². The zero-order valence-corrected chi connectivity index (χ0v) is 11.0. The maximum absolute atomic E-state index is 11.7. The second kappa shape index (κ2) is 5.62. The lowest BCUT2D eigenvalue weighted by Crippen LogP contribution is -2.51. The van der Waals surface area contributed by atoms with Crippen LogP contribution in [0.4, 0.5) is 0 Å². The van der Waals surface area contributed by atoms with E-state index in [9.17, 15) is 9.59 Å². The Hall–Kier alpha value is -2.21. The third kappa shape index (κ3) is 3.17. The van der Waals surface area contributed by atoms with Crippen molar-refractivity contribution in [3.8, 4) is 5.75 Å². The van der Waals surface area contributed by atoms with Gasteiger partial charge in [0.2, 0.25) is 0 Å². The summed E-state index contributed by atoms with van der Waals surface area (Å²) in [6.45, 7) is 2.43. The van der Waals surface area contributed by atoms with Crippen LogP contribution < -0.4 is 15.4 Å². The molecule has 0 aliphatic carbocycles. The van der Waals surface area contributed by atoms with Crippen molar-refractivity contribution in [1.82, 2.24) is 10.6 Å². The summed E-state index contributed by atoms with van der Waals surface area (Å²) < 4.78 is 5.36. The van der Waals surface area contributed by atoms with E-state index >= 15 is 0 Å². The molecule has 0 radical (unpaired) electrons. The number of carbonyl (C=O) groups is 2. The standard InChI is InChI=1S/C13H12N2O3S/c1-2-18-9-5-3-4-8(6-9)7-10-11(16)14-13(19)15-12(10)17/h3-7H,2H2,1H3,(H2,14,15,16,17,19). The molecule has 1 heterocycles. The highest BCUT2D eigenvalue weighted by Crippen LogP contribution is 2.16. The van der Waals surface area contributed by atoms with E-state index in [0.29, 0.717) is 17.9 Å². The van der Waals surface area contributed by atoms with Crippen molar-refractivity contribution in [3.05, 3.63) is 35.4 Å². The Kier molecular flexibility index (Phi) is 3.91. The second-order valence-corrected chi connectivity index (χ2v) is 4.21. The summed E-state index contributed by atoms with van der Waals surface area (Å²) in [5, 5.41) is 4.78. The van der Waals surface area contributed by atoms with E-state index in [-0.39, 0.29) is 10.7 Å². The van der Waals surface area contributed by atoms with Gasteiger partial charge in [-0.25, -0.2) is 0 Å². The van der Waals surface area contributed by atoms with Gasteiger partial charge in [0.1, 0.15) is 11.3 Å². The molecular weight excluding hydrogens is 264 g/mol. The fraction of sp³-hybridized carbons (Fsp3) is 0.154. The van der Waals surface area contributed by atoms with E-state index in [1.54, 1.807) is 18.2 Å². The van der Waals surface area contributed by atoms with Crippen molar-refractivity contribution < 1.29 is 14.3 Å². The van der Waals surface area contributed by atoms with Gasteiger partial charge in [0.05, 0.1) is 6.61 Å². The summed E-state index contributed by atoms with van der Waals surface area (Å²) in [5.41, 5.74) is 0.723. The van der Waals surface area contributed by atoms with Crippen molar-refractivity contribution in [2.75, 3.05) is 6.61 Å². The second-order valence-electron chi connectivity index (χ2n) is 3.80. The number of ether oxygens (including phenoxy) is 1. The summed E-state index contributed by atoms with van der Waals surface area (Å²) in [4.78, 5) is 23.3. The molecule has 1 saturated heterocycles. The molecule has 1 aliphatic rings. The molecule has 98 valence electrons. The quantitative estimate of drug-likeness (QED) is 0.491. The summed E-state index contributed by atoms with van der Waals surface area (Å²) >= 11 is 4.72. The Morgan fingerprint density at radius 1 is 1.26 bits per heavy atom. The lowest BCUT2D eigenvalue weighted by molar-refractivity contribution is -0.123. The lowest BCUT2D eigenvalue weighted by atomic mass is 10.1. The van der Waals surface area contributed by atoms with Gasteiger partial charge in [-0.2, -0.15) is 0 Å². The first-order valence-corrected chi connectivity index (χ1v) is 6.12. The molecule has 1 aliphatic heterocycles. The SMILES string of the molecule is CCOc1cccc(C=C2C(=O)NC(=S)NC2=O)c1. The number of amides is 2. The molecule has 5 nitrogen and oxygen atoms in total. The Morgan fingerprint density at radius 3 is 2.58 bits per heavy atom. The molecule has 0 spiro atoms. The van der Waals surface area contributed by atoms with Crippen LogP contribution in [0.1, 0.15) is 12.5 Å². The van der Waals surface area contributed by atoms with E-state index < -0.39 is 11.8 Å². The van der Waals surface area contributed by atoms with Gasteiger partial charge >= 0.3 is 0 Å². The molecule has 2 amide bonds. The maximum Gasteiger partial charge on any atom is 0.263 e. The van der Waals surface area contributed by atoms with Crippen LogP contribution >= 0.6 is 12.2 Å².